The van der Waals surface area contributed by atoms with Gasteiger partial charge in [0, 0.05) is 6.20 Å². The zero-order chi connectivity index (χ0) is 14.0. The molecule has 2 heterocycles. The number of fused-ring (bicyclic) bond motifs is 1. The highest BCUT2D eigenvalue weighted by Crippen LogP contribution is 2.19. The number of aryl methyl sites for hydroxylation is 1. The standard InChI is InChI=1S/C11H13F3N4O/c1-7-2-3-16-9-8(7)17-10(15)18(9)4-5-19-6-11(12,13)14/h2-3H,4-6H2,1H3,(H2,15,17). The molecule has 2 aromatic heterocycles. The van der Waals surface area contributed by atoms with E-state index in [0.717, 1.165) is 5.56 Å². The van der Waals surface area contributed by atoms with Crippen molar-refractivity contribution in [1.82, 2.24) is 14.5 Å². The Labute approximate surface area is 107 Å². The predicted molar refractivity (Wildman–Crippen MR) is 63.6 cm³/mol. The van der Waals surface area contributed by atoms with E-state index in [4.69, 9.17) is 5.73 Å². The highest BCUT2D eigenvalue weighted by atomic mass is 19.4. The topological polar surface area (TPSA) is 66.0 Å². The van der Waals surface area contributed by atoms with E-state index in [1.54, 1.807) is 16.8 Å². The molecule has 19 heavy (non-hydrogen) atoms. The molecule has 104 valence electrons. The van der Waals surface area contributed by atoms with Crippen LogP contribution in [0.25, 0.3) is 11.2 Å². The quantitative estimate of drug-likeness (QED) is 0.865. The van der Waals surface area contributed by atoms with E-state index in [1.807, 2.05) is 6.92 Å². The number of alkyl halides is 3. The van der Waals surface area contributed by atoms with Gasteiger partial charge in [0.25, 0.3) is 0 Å². The van der Waals surface area contributed by atoms with Crippen LogP contribution in [0.1, 0.15) is 5.56 Å². The lowest BCUT2D eigenvalue weighted by Crippen LogP contribution is -2.19. The summed E-state index contributed by atoms with van der Waals surface area (Å²) in [5.74, 6) is 0.215. The van der Waals surface area contributed by atoms with E-state index in [-0.39, 0.29) is 19.1 Å². The molecule has 5 nitrogen and oxygen atoms in total. The number of nitrogens with two attached hydrogens (primary N) is 1. The van der Waals surface area contributed by atoms with Crippen LogP contribution >= 0.6 is 0 Å². The molecule has 2 aromatic rings. The Hall–Kier alpha value is -1.83. The number of rotatable bonds is 4. The van der Waals surface area contributed by atoms with Crippen LogP contribution < -0.4 is 5.73 Å². The van der Waals surface area contributed by atoms with Crippen molar-refractivity contribution in [3.63, 3.8) is 0 Å². The second kappa shape index (κ2) is 5.04. The van der Waals surface area contributed by atoms with E-state index in [2.05, 4.69) is 14.7 Å². The molecule has 0 atom stereocenters. The summed E-state index contributed by atoms with van der Waals surface area (Å²) in [5.41, 5.74) is 7.83. The van der Waals surface area contributed by atoms with Crippen LogP contribution in [0.5, 0.6) is 0 Å². The number of pyridine rings is 1. The molecule has 0 bridgehead atoms. The van der Waals surface area contributed by atoms with Gasteiger partial charge < -0.3 is 10.5 Å². The first-order valence-corrected chi connectivity index (χ1v) is 5.60. The molecule has 0 aliphatic carbocycles. The summed E-state index contributed by atoms with van der Waals surface area (Å²) >= 11 is 0. The molecule has 0 spiro atoms. The fourth-order valence-electron chi connectivity index (χ4n) is 1.72. The lowest BCUT2D eigenvalue weighted by Gasteiger charge is -2.09. The molecule has 0 aliphatic heterocycles. The summed E-state index contributed by atoms with van der Waals surface area (Å²) < 4.78 is 41.9. The SMILES string of the molecule is Cc1ccnc2c1nc(N)n2CCOCC(F)(F)F. The number of anilines is 1. The number of nitrogen functional groups attached to an aromatic ring is 1. The molecule has 0 aromatic carbocycles. The van der Waals surface area contributed by atoms with Gasteiger partial charge in [-0.2, -0.15) is 13.2 Å². The molecule has 2 rings (SSSR count). The molecule has 8 heteroatoms. The molecule has 2 N–H and O–H groups in total. The molecular weight excluding hydrogens is 261 g/mol. The third-order valence-corrected chi connectivity index (χ3v) is 2.59. The van der Waals surface area contributed by atoms with Crippen LogP contribution in [0, 0.1) is 6.92 Å². The van der Waals surface area contributed by atoms with Gasteiger partial charge >= 0.3 is 6.18 Å². The van der Waals surface area contributed by atoms with Crippen molar-refractivity contribution < 1.29 is 17.9 Å². The Balaban J connectivity index is 2.09. The molecule has 0 saturated carbocycles. The third kappa shape index (κ3) is 3.14. The first-order chi connectivity index (χ1) is 8.88. The number of aromatic nitrogens is 3. The largest absolute Gasteiger partial charge is 0.411 e. The van der Waals surface area contributed by atoms with Gasteiger partial charge in [-0.15, -0.1) is 0 Å². The number of hydrogen-bond donors (Lipinski definition) is 1. The maximum atomic E-state index is 11.9. The molecule has 0 saturated heterocycles. The summed E-state index contributed by atoms with van der Waals surface area (Å²) in [5, 5.41) is 0. The van der Waals surface area contributed by atoms with Gasteiger partial charge in [0.05, 0.1) is 13.2 Å². The fourth-order valence-corrected chi connectivity index (χ4v) is 1.72. The number of nitrogens with zero attached hydrogens (tertiary/aromatic N) is 3. The minimum atomic E-state index is -4.32. The van der Waals surface area contributed by atoms with Crippen LogP contribution in [0.4, 0.5) is 19.1 Å². The molecule has 0 fully saturated rings. The highest BCUT2D eigenvalue weighted by Gasteiger charge is 2.27. The van der Waals surface area contributed by atoms with Crippen molar-refractivity contribution in [2.75, 3.05) is 18.9 Å². The van der Waals surface area contributed by atoms with E-state index in [1.165, 1.54) is 0 Å². The maximum absolute atomic E-state index is 11.9. The van der Waals surface area contributed by atoms with Crippen molar-refractivity contribution in [2.24, 2.45) is 0 Å². The number of halogens is 3. The second-order valence-corrected chi connectivity index (χ2v) is 4.09. The number of hydrogen-bond acceptors (Lipinski definition) is 4. The fraction of sp³-hybridized carbons (Fsp3) is 0.455. The van der Waals surface area contributed by atoms with Gasteiger partial charge in [-0.3, -0.25) is 4.57 Å². The van der Waals surface area contributed by atoms with Crippen molar-refractivity contribution in [3.8, 4) is 0 Å². The van der Waals surface area contributed by atoms with Crippen molar-refractivity contribution in [3.05, 3.63) is 17.8 Å². The van der Waals surface area contributed by atoms with E-state index >= 15 is 0 Å². The van der Waals surface area contributed by atoms with Gasteiger partial charge in [0.15, 0.2) is 5.65 Å². The molecule has 0 aliphatic rings. The summed E-state index contributed by atoms with van der Waals surface area (Å²) in [6.07, 6.45) is -2.72. The first-order valence-electron chi connectivity index (χ1n) is 5.60. The van der Waals surface area contributed by atoms with Crippen LogP contribution in [0.15, 0.2) is 12.3 Å². The number of imidazole rings is 1. The maximum Gasteiger partial charge on any atom is 0.411 e. The zero-order valence-electron chi connectivity index (χ0n) is 10.2. The minimum Gasteiger partial charge on any atom is -0.370 e. The average molecular weight is 274 g/mol. The molecule has 0 unspecified atom stereocenters. The lowest BCUT2D eigenvalue weighted by atomic mass is 10.3. The Morgan fingerprint density at radius 2 is 2.16 bits per heavy atom. The average Bonchev–Trinajstić information content (AvgIpc) is 2.62. The first kappa shape index (κ1) is 13.6. The summed E-state index contributed by atoms with van der Waals surface area (Å²) in [6.45, 7) is 0.659. The van der Waals surface area contributed by atoms with Crippen LogP contribution in [0.3, 0.4) is 0 Å². The van der Waals surface area contributed by atoms with Gasteiger partial charge in [-0.1, -0.05) is 0 Å². The van der Waals surface area contributed by atoms with Gasteiger partial charge in [-0.25, -0.2) is 9.97 Å². The van der Waals surface area contributed by atoms with E-state index in [0.29, 0.717) is 11.2 Å². The predicted octanol–water partition coefficient (Wildman–Crippen LogP) is 1.90. The van der Waals surface area contributed by atoms with Crippen molar-refractivity contribution in [2.45, 2.75) is 19.6 Å². The Bertz CT molecular complexity index is 579. The Morgan fingerprint density at radius 3 is 2.84 bits per heavy atom. The van der Waals surface area contributed by atoms with Gasteiger partial charge in [0.2, 0.25) is 5.95 Å². The van der Waals surface area contributed by atoms with E-state index in [9.17, 15) is 13.2 Å². The Kier molecular flexibility index (Phi) is 3.61. The van der Waals surface area contributed by atoms with Crippen LogP contribution in [-0.2, 0) is 11.3 Å². The smallest absolute Gasteiger partial charge is 0.370 e. The summed E-state index contributed by atoms with van der Waals surface area (Å²) in [6, 6.07) is 1.79. The zero-order valence-corrected chi connectivity index (χ0v) is 10.2. The summed E-state index contributed by atoms with van der Waals surface area (Å²) in [7, 11) is 0. The van der Waals surface area contributed by atoms with Crippen molar-refractivity contribution >= 4 is 17.1 Å². The minimum absolute atomic E-state index is 0.106. The monoisotopic (exact) mass is 274 g/mol. The van der Waals surface area contributed by atoms with Gasteiger partial charge in [-0.05, 0) is 18.6 Å². The molecule has 0 amide bonds. The summed E-state index contributed by atoms with van der Waals surface area (Å²) in [4.78, 5) is 8.27. The Morgan fingerprint density at radius 1 is 1.42 bits per heavy atom. The normalized spacial score (nSPS) is 12.2. The van der Waals surface area contributed by atoms with Crippen molar-refractivity contribution in [1.29, 1.82) is 0 Å². The van der Waals surface area contributed by atoms with E-state index < -0.39 is 12.8 Å². The number of ether oxygens (including phenoxy) is 1. The van der Waals surface area contributed by atoms with Crippen LogP contribution in [0.2, 0.25) is 0 Å². The molecule has 0 radical (unpaired) electrons. The molecular formula is C11H13F3N4O. The second-order valence-electron chi connectivity index (χ2n) is 4.09. The van der Waals surface area contributed by atoms with Gasteiger partial charge in [0.1, 0.15) is 12.1 Å². The highest BCUT2D eigenvalue weighted by molar-refractivity contribution is 5.77. The third-order valence-electron chi connectivity index (χ3n) is 2.59. The lowest BCUT2D eigenvalue weighted by molar-refractivity contribution is -0.174. The van der Waals surface area contributed by atoms with Crippen LogP contribution in [-0.4, -0.2) is 33.9 Å².